The molecule has 4 nitrogen and oxygen atoms in total. The Bertz CT molecular complexity index is 2990. The number of aryl methyl sites for hydroxylation is 1. The zero-order chi connectivity index (χ0) is 34.6. The van der Waals surface area contributed by atoms with E-state index in [0.717, 1.165) is 62.0 Å². The van der Waals surface area contributed by atoms with Gasteiger partial charge in [-0.25, -0.2) is 9.97 Å². The van der Waals surface area contributed by atoms with Crippen molar-refractivity contribution in [3.05, 3.63) is 175 Å². The van der Waals surface area contributed by atoms with Crippen molar-refractivity contribution in [2.75, 3.05) is 0 Å². The first kappa shape index (κ1) is 30.1. The molecule has 0 radical (unpaired) electrons. The lowest BCUT2D eigenvalue weighted by Crippen LogP contribution is -2.05. The molecule has 7 aromatic carbocycles. The lowest BCUT2D eigenvalue weighted by Gasteiger charge is -2.15. The molecule has 0 aliphatic carbocycles. The van der Waals surface area contributed by atoms with Crippen molar-refractivity contribution in [1.82, 2.24) is 19.1 Å². The predicted molar refractivity (Wildman–Crippen MR) is 219 cm³/mol. The maximum atomic E-state index is 5.46. The lowest BCUT2D eigenvalue weighted by molar-refractivity contribution is 0.827. The molecule has 52 heavy (non-hydrogen) atoms. The maximum absolute atomic E-state index is 5.46. The Morgan fingerprint density at radius 2 is 1.19 bits per heavy atom. The molecule has 0 aliphatic heterocycles. The first-order valence-corrected chi connectivity index (χ1v) is 17.9. The summed E-state index contributed by atoms with van der Waals surface area (Å²) in [5.41, 5.74) is 11.0. The molecule has 0 fully saturated rings. The van der Waals surface area contributed by atoms with Gasteiger partial charge in [-0.05, 0) is 59.2 Å². The van der Waals surface area contributed by atoms with E-state index in [1.165, 1.54) is 32.6 Å². The molecular weight excluding hydrogens is 633 g/mol. The average Bonchev–Trinajstić information content (AvgIpc) is 3.72. The van der Waals surface area contributed by atoms with E-state index in [1.807, 2.05) is 0 Å². The van der Waals surface area contributed by atoms with E-state index in [4.69, 9.17) is 9.97 Å². The van der Waals surface area contributed by atoms with Crippen molar-refractivity contribution in [3.63, 3.8) is 0 Å². The maximum Gasteiger partial charge on any atom is 0.235 e. The van der Waals surface area contributed by atoms with Crippen LogP contribution in [0.1, 0.15) is 18.1 Å². The van der Waals surface area contributed by atoms with Gasteiger partial charge >= 0.3 is 0 Å². The van der Waals surface area contributed by atoms with Crippen LogP contribution < -0.4 is 0 Å². The van der Waals surface area contributed by atoms with Crippen LogP contribution in [0.25, 0.3) is 95.0 Å². The molecule has 0 saturated carbocycles. The molecule has 10 aromatic rings. The van der Waals surface area contributed by atoms with E-state index in [1.54, 1.807) is 0 Å². The largest absolute Gasteiger partial charge is 0.341 e. The summed E-state index contributed by atoms with van der Waals surface area (Å²) in [5, 5.41) is 7.08. The van der Waals surface area contributed by atoms with Gasteiger partial charge in [0.05, 0.1) is 22.4 Å². The van der Waals surface area contributed by atoms with Crippen molar-refractivity contribution in [3.8, 4) is 28.5 Å². The van der Waals surface area contributed by atoms with E-state index in [9.17, 15) is 0 Å². The standard InChI is InChI=1S/C48H34N4/c1-2-51-43-25-12-9-21-37(43)41-31-32(28-30-44(41)51)27-29-39-36-20-10-13-26-45(36)52(47(39)34-16-4-3-5-17-34)48-49-42-24-11-8-22-40(42)46(50-48)38-23-14-18-33-15-6-7-19-35(33)38/h3-31H,2H2,1H3/b29-27+. The van der Waals surface area contributed by atoms with Gasteiger partial charge in [0.1, 0.15) is 0 Å². The van der Waals surface area contributed by atoms with Crippen LogP contribution in [0.2, 0.25) is 0 Å². The van der Waals surface area contributed by atoms with Gasteiger partial charge in [-0.1, -0.05) is 146 Å². The Hall–Kier alpha value is -6.78. The van der Waals surface area contributed by atoms with Gasteiger partial charge in [-0.2, -0.15) is 0 Å². The van der Waals surface area contributed by atoms with Gasteiger partial charge in [-0.15, -0.1) is 0 Å². The quantitative estimate of drug-likeness (QED) is 0.177. The number of hydrogen-bond donors (Lipinski definition) is 0. The number of hydrogen-bond acceptors (Lipinski definition) is 2. The summed E-state index contributed by atoms with van der Waals surface area (Å²) in [6.07, 6.45) is 4.52. The molecule has 0 atom stereocenters. The number of para-hydroxylation sites is 3. The van der Waals surface area contributed by atoms with Crippen LogP contribution in [-0.2, 0) is 6.54 Å². The Morgan fingerprint density at radius 1 is 0.519 bits per heavy atom. The first-order chi connectivity index (χ1) is 25.8. The molecule has 0 aliphatic rings. The van der Waals surface area contributed by atoms with Crippen molar-refractivity contribution < 1.29 is 0 Å². The van der Waals surface area contributed by atoms with Crippen LogP contribution >= 0.6 is 0 Å². The minimum Gasteiger partial charge on any atom is -0.341 e. The van der Waals surface area contributed by atoms with Crippen LogP contribution in [0.3, 0.4) is 0 Å². The highest BCUT2D eigenvalue weighted by atomic mass is 15.2. The van der Waals surface area contributed by atoms with E-state index >= 15 is 0 Å². The molecule has 4 heteroatoms. The Labute approximate surface area is 301 Å². The minimum absolute atomic E-state index is 0.644. The first-order valence-electron chi connectivity index (χ1n) is 17.9. The molecule has 0 unspecified atom stereocenters. The van der Waals surface area contributed by atoms with Crippen molar-refractivity contribution in [1.29, 1.82) is 0 Å². The SMILES string of the molecule is CCn1c2ccccc2c2cc(/C=C/c3c(-c4ccccc4)n(-c4nc(-c5cccc6ccccc56)c5ccccc5n4)c4ccccc34)ccc21. The number of rotatable bonds is 6. The molecule has 0 spiro atoms. The van der Waals surface area contributed by atoms with Gasteiger partial charge in [0, 0.05) is 50.2 Å². The highest BCUT2D eigenvalue weighted by Gasteiger charge is 2.22. The van der Waals surface area contributed by atoms with Gasteiger partial charge in [0.25, 0.3) is 0 Å². The molecule has 0 saturated heterocycles. The van der Waals surface area contributed by atoms with Gasteiger partial charge in [0.2, 0.25) is 5.95 Å². The third kappa shape index (κ3) is 4.76. The zero-order valence-electron chi connectivity index (χ0n) is 28.7. The molecule has 0 amide bonds. The monoisotopic (exact) mass is 666 g/mol. The van der Waals surface area contributed by atoms with Crippen molar-refractivity contribution >= 4 is 66.5 Å². The fourth-order valence-electron chi connectivity index (χ4n) is 8.02. The Morgan fingerprint density at radius 3 is 2.04 bits per heavy atom. The summed E-state index contributed by atoms with van der Waals surface area (Å²) >= 11 is 0. The summed E-state index contributed by atoms with van der Waals surface area (Å²) in [6.45, 7) is 3.14. The topological polar surface area (TPSA) is 35.6 Å². The summed E-state index contributed by atoms with van der Waals surface area (Å²) in [6, 6.07) is 58.1. The van der Waals surface area contributed by atoms with Gasteiger partial charge < -0.3 is 4.57 Å². The molecule has 3 heterocycles. The second-order valence-electron chi connectivity index (χ2n) is 13.3. The number of aromatic nitrogens is 4. The minimum atomic E-state index is 0.644. The summed E-state index contributed by atoms with van der Waals surface area (Å²) < 4.78 is 4.65. The third-order valence-electron chi connectivity index (χ3n) is 10.4. The molecule has 246 valence electrons. The van der Waals surface area contributed by atoms with Gasteiger partial charge in [-0.3, -0.25) is 4.57 Å². The van der Waals surface area contributed by atoms with E-state index < -0.39 is 0 Å². The normalized spacial score (nSPS) is 11.9. The van der Waals surface area contributed by atoms with Crippen LogP contribution in [0.5, 0.6) is 0 Å². The van der Waals surface area contributed by atoms with Crippen LogP contribution in [0, 0.1) is 0 Å². The third-order valence-corrected chi connectivity index (χ3v) is 10.4. The predicted octanol–water partition coefficient (Wildman–Crippen LogP) is 12.4. The highest BCUT2D eigenvalue weighted by molar-refractivity contribution is 6.09. The molecule has 10 rings (SSSR count). The molecule has 0 bridgehead atoms. The molecule has 0 N–H and O–H groups in total. The number of fused-ring (bicyclic) bond motifs is 6. The summed E-state index contributed by atoms with van der Waals surface area (Å²) in [7, 11) is 0. The number of nitrogens with zero attached hydrogens (tertiary/aromatic N) is 4. The summed E-state index contributed by atoms with van der Waals surface area (Å²) in [5.74, 6) is 0.644. The smallest absolute Gasteiger partial charge is 0.235 e. The summed E-state index contributed by atoms with van der Waals surface area (Å²) in [4.78, 5) is 10.7. The molecule has 3 aromatic heterocycles. The molecular formula is C48H34N4. The lowest BCUT2D eigenvalue weighted by atomic mass is 9.99. The van der Waals surface area contributed by atoms with Crippen LogP contribution in [0.4, 0.5) is 0 Å². The Balaban J connectivity index is 1.22. The Kier molecular flexibility index (Phi) is 7.07. The highest BCUT2D eigenvalue weighted by Crippen LogP contribution is 2.39. The van der Waals surface area contributed by atoms with Crippen LogP contribution in [-0.4, -0.2) is 19.1 Å². The second-order valence-corrected chi connectivity index (χ2v) is 13.3. The van der Waals surface area contributed by atoms with E-state index in [0.29, 0.717) is 5.95 Å². The van der Waals surface area contributed by atoms with Gasteiger partial charge in [0.15, 0.2) is 0 Å². The van der Waals surface area contributed by atoms with E-state index in [2.05, 4.69) is 192 Å². The van der Waals surface area contributed by atoms with E-state index in [-0.39, 0.29) is 0 Å². The van der Waals surface area contributed by atoms with Crippen molar-refractivity contribution in [2.45, 2.75) is 13.5 Å². The fourth-order valence-corrected chi connectivity index (χ4v) is 8.02. The number of benzene rings is 7. The van der Waals surface area contributed by atoms with Crippen LogP contribution in [0.15, 0.2) is 164 Å². The second kappa shape index (κ2) is 12.2. The zero-order valence-corrected chi connectivity index (χ0v) is 28.7. The fraction of sp³-hybridized carbons (Fsp3) is 0.0417. The average molecular weight is 667 g/mol. The van der Waals surface area contributed by atoms with Crippen molar-refractivity contribution in [2.24, 2.45) is 0 Å².